The minimum atomic E-state index is -0.119. The quantitative estimate of drug-likeness (QED) is 0.320. The summed E-state index contributed by atoms with van der Waals surface area (Å²) < 4.78 is 12.7. The summed E-state index contributed by atoms with van der Waals surface area (Å²) in [5.41, 5.74) is 1.95. The number of hydrogen-bond donors (Lipinski definition) is 2. The Balaban J connectivity index is 2.18. The van der Waals surface area contributed by atoms with Crippen LogP contribution in [0, 0.1) is 0 Å². The van der Waals surface area contributed by atoms with E-state index in [4.69, 9.17) is 32.7 Å². The summed E-state index contributed by atoms with van der Waals surface area (Å²) >= 11 is 12.9. The molecule has 2 aromatic carbocycles. The second kappa shape index (κ2) is 10.0. The number of aromatic hydroxyl groups is 2. The van der Waals surface area contributed by atoms with Gasteiger partial charge in [-0.15, -0.1) is 0 Å². The summed E-state index contributed by atoms with van der Waals surface area (Å²) in [6.07, 6.45) is 7.43. The third-order valence-electron chi connectivity index (χ3n) is 5.54. The Hall–Kier alpha value is -1.78. The lowest BCUT2D eigenvalue weighted by Crippen LogP contribution is -2.08. The number of unbranched alkanes of at least 4 members (excludes halogenated alkanes) is 3. The largest absolute Gasteiger partial charge is 0.504 e. The highest BCUT2D eigenvalue weighted by Crippen LogP contribution is 2.57. The molecule has 0 unspecified atom stereocenters. The van der Waals surface area contributed by atoms with Crippen molar-refractivity contribution in [2.24, 2.45) is 0 Å². The van der Waals surface area contributed by atoms with Crippen LogP contribution in [0.1, 0.15) is 76.0 Å². The van der Waals surface area contributed by atoms with Crippen LogP contribution >= 0.6 is 23.2 Å². The number of ether oxygens (including phenoxy) is 2. The lowest BCUT2D eigenvalue weighted by molar-refractivity contribution is 0.332. The smallest absolute Gasteiger partial charge is 0.177 e. The van der Waals surface area contributed by atoms with Crippen LogP contribution in [-0.2, 0) is 19.3 Å². The van der Waals surface area contributed by atoms with E-state index in [1.165, 1.54) is 0 Å². The minimum absolute atomic E-state index is 0.115. The molecule has 0 fully saturated rings. The highest BCUT2D eigenvalue weighted by molar-refractivity contribution is 6.42. The average Bonchev–Trinajstić information content (AvgIpc) is 2.73. The molecule has 1 heterocycles. The molecule has 1 aliphatic heterocycles. The van der Waals surface area contributed by atoms with Gasteiger partial charge < -0.3 is 19.7 Å². The second-order valence-corrected chi connectivity index (χ2v) is 8.59. The van der Waals surface area contributed by atoms with Gasteiger partial charge in [0.15, 0.2) is 34.5 Å². The van der Waals surface area contributed by atoms with Gasteiger partial charge in [-0.1, -0.05) is 63.2 Å². The molecule has 3 rings (SSSR count). The van der Waals surface area contributed by atoms with Gasteiger partial charge in [0.25, 0.3) is 0 Å². The van der Waals surface area contributed by atoms with E-state index in [-0.39, 0.29) is 11.5 Å². The molecule has 2 N–H and O–H groups in total. The first-order valence-electron chi connectivity index (χ1n) is 10.9. The van der Waals surface area contributed by atoms with Gasteiger partial charge in [0.1, 0.15) is 0 Å². The van der Waals surface area contributed by atoms with Gasteiger partial charge >= 0.3 is 0 Å². The number of benzene rings is 2. The Kier molecular flexibility index (Phi) is 7.65. The van der Waals surface area contributed by atoms with Crippen LogP contribution in [-0.4, -0.2) is 10.2 Å². The van der Waals surface area contributed by atoms with E-state index >= 15 is 0 Å². The van der Waals surface area contributed by atoms with E-state index in [2.05, 4.69) is 20.8 Å². The molecule has 0 saturated heterocycles. The SMILES string of the molecule is CCCCc1c(Cl)c(Cl)cc2c1Oc1c(CCCC)c(O)c(O)c(CCCC)c1O2. The molecule has 2 aromatic rings. The summed E-state index contributed by atoms with van der Waals surface area (Å²) in [7, 11) is 0. The van der Waals surface area contributed by atoms with Crippen molar-refractivity contribution in [2.45, 2.75) is 78.6 Å². The van der Waals surface area contributed by atoms with E-state index < -0.39 is 0 Å². The average molecular weight is 453 g/mol. The summed E-state index contributed by atoms with van der Waals surface area (Å²) in [5, 5.41) is 22.4. The van der Waals surface area contributed by atoms with Gasteiger partial charge in [-0.2, -0.15) is 0 Å². The summed E-state index contributed by atoms with van der Waals surface area (Å²) in [4.78, 5) is 0. The van der Waals surface area contributed by atoms with Crippen molar-refractivity contribution in [2.75, 3.05) is 0 Å². The van der Waals surface area contributed by atoms with Gasteiger partial charge in [0.05, 0.1) is 10.0 Å². The van der Waals surface area contributed by atoms with E-state index in [1.807, 2.05) is 0 Å². The van der Waals surface area contributed by atoms with Gasteiger partial charge in [-0.3, -0.25) is 0 Å². The third kappa shape index (κ3) is 4.31. The molecule has 30 heavy (non-hydrogen) atoms. The first-order valence-corrected chi connectivity index (χ1v) is 11.7. The monoisotopic (exact) mass is 452 g/mol. The zero-order chi connectivity index (χ0) is 21.8. The normalized spacial score (nSPS) is 12.2. The van der Waals surface area contributed by atoms with Crippen molar-refractivity contribution in [3.63, 3.8) is 0 Å². The lowest BCUT2D eigenvalue weighted by Gasteiger charge is -2.28. The first kappa shape index (κ1) is 22.9. The lowest BCUT2D eigenvalue weighted by atomic mass is 9.97. The predicted octanol–water partition coefficient (Wildman–Crippen LogP) is 8.33. The van der Waals surface area contributed by atoms with E-state index in [0.29, 0.717) is 63.4 Å². The molecule has 0 aromatic heterocycles. The second-order valence-electron chi connectivity index (χ2n) is 7.81. The van der Waals surface area contributed by atoms with E-state index in [1.54, 1.807) is 6.07 Å². The molecule has 1 aliphatic rings. The van der Waals surface area contributed by atoms with Gasteiger partial charge in [-0.25, -0.2) is 0 Å². The van der Waals surface area contributed by atoms with Crippen LogP contribution in [0.15, 0.2) is 6.07 Å². The fraction of sp³-hybridized carbons (Fsp3) is 0.500. The fourth-order valence-corrected chi connectivity index (χ4v) is 4.22. The van der Waals surface area contributed by atoms with Crippen molar-refractivity contribution in [3.05, 3.63) is 32.8 Å². The Morgan fingerprint density at radius 2 is 1.17 bits per heavy atom. The summed E-state index contributed by atoms with van der Waals surface area (Å²) in [6.45, 7) is 6.27. The zero-order valence-electron chi connectivity index (χ0n) is 17.9. The number of rotatable bonds is 9. The number of fused-ring (bicyclic) bond motifs is 2. The van der Waals surface area contributed by atoms with Crippen LogP contribution in [0.3, 0.4) is 0 Å². The molecule has 0 radical (unpaired) electrons. The van der Waals surface area contributed by atoms with Crippen molar-refractivity contribution in [1.29, 1.82) is 0 Å². The molecule has 0 bridgehead atoms. The van der Waals surface area contributed by atoms with E-state index in [9.17, 15) is 10.2 Å². The van der Waals surface area contributed by atoms with Crippen molar-refractivity contribution in [1.82, 2.24) is 0 Å². The number of phenols is 2. The van der Waals surface area contributed by atoms with Gasteiger partial charge in [-0.05, 0) is 38.5 Å². The molecule has 6 heteroatoms. The standard InChI is InChI=1S/C24H30Cl2O4/c1-4-7-10-14-19(26)17(25)13-18-22(14)30-24-16(12-9-6-3)21(28)20(27)15(11-8-5-2)23(24)29-18/h13,27-28H,4-12H2,1-3H3. The van der Waals surface area contributed by atoms with Crippen LogP contribution in [0.5, 0.6) is 34.5 Å². The number of phenolic OH excluding ortho intramolecular Hbond substituents is 2. The Labute approximate surface area is 188 Å². The number of halogens is 2. The predicted molar refractivity (Wildman–Crippen MR) is 122 cm³/mol. The Bertz CT molecular complexity index is 925. The Morgan fingerprint density at radius 1 is 0.700 bits per heavy atom. The van der Waals surface area contributed by atoms with Crippen molar-refractivity contribution >= 4 is 23.2 Å². The molecule has 0 aliphatic carbocycles. The maximum absolute atomic E-state index is 10.8. The highest BCUT2D eigenvalue weighted by Gasteiger charge is 2.33. The van der Waals surface area contributed by atoms with Crippen molar-refractivity contribution < 1.29 is 19.7 Å². The van der Waals surface area contributed by atoms with Gasteiger partial charge in [0.2, 0.25) is 0 Å². The maximum Gasteiger partial charge on any atom is 0.177 e. The third-order valence-corrected chi connectivity index (χ3v) is 6.36. The van der Waals surface area contributed by atoms with Crippen LogP contribution in [0.2, 0.25) is 10.0 Å². The molecule has 0 saturated carbocycles. The van der Waals surface area contributed by atoms with Crippen LogP contribution in [0.4, 0.5) is 0 Å². The van der Waals surface area contributed by atoms with Gasteiger partial charge in [0, 0.05) is 22.8 Å². The topological polar surface area (TPSA) is 58.9 Å². The summed E-state index contributed by atoms with van der Waals surface area (Å²) in [5.74, 6) is 1.76. The number of hydrogen-bond acceptors (Lipinski definition) is 4. The fourth-order valence-electron chi connectivity index (χ4n) is 3.77. The highest BCUT2D eigenvalue weighted by atomic mass is 35.5. The molecule has 0 atom stereocenters. The molecule has 0 spiro atoms. The van der Waals surface area contributed by atoms with Crippen LogP contribution < -0.4 is 9.47 Å². The zero-order valence-corrected chi connectivity index (χ0v) is 19.4. The Morgan fingerprint density at radius 3 is 1.67 bits per heavy atom. The molecule has 164 valence electrons. The van der Waals surface area contributed by atoms with Crippen molar-refractivity contribution in [3.8, 4) is 34.5 Å². The molecule has 0 amide bonds. The van der Waals surface area contributed by atoms with Crippen LogP contribution in [0.25, 0.3) is 0 Å². The summed E-state index contributed by atoms with van der Waals surface area (Å²) in [6, 6.07) is 1.66. The van der Waals surface area contributed by atoms with E-state index in [0.717, 1.165) is 44.1 Å². The maximum atomic E-state index is 10.8. The molecular weight excluding hydrogens is 423 g/mol. The molecule has 4 nitrogen and oxygen atoms in total. The first-order chi connectivity index (χ1) is 14.4. The molecular formula is C24H30Cl2O4. The minimum Gasteiger partial charge on any atom is -0.504 e.